The zero-order valence-electron chi connectivity index (χ0n) is 16.4. The normalized spacial score (nSPS) is 10.8. The Morgan fingerprint density at radius 3 is 2.50 bits per heavy atom. The number of nitrogens with one attached hydrogen (secondary N) is 1. The first kappa shape index (κ1) is 19.4. The van der Waals surface area contributed by atoms with Crippen LogP contribution in [0.25, 0.3) is 11.0 Å². The van der Waals surface area contributed by atoms with E-state index in [0.717, 1.165) is 6.07 Å². The van der Waals surface area contributed by atoms with Crippen molar-refractivity contribution in [2.45, 2.75) is 6.92 Å². The van der Waals surface area contributed by atoms with E-state index in [1.165, 1.54) is 19.2 Å². The van der Waals surface area contributed by atoms with Gasteiger partial charge in [-0.05, 0) is 42.8 Å². The van der Waals surface area contributed by atoms with Crippen molar-refractivity contribution >= 4 is 28.3 Å². The lowest BCUT2D eigenvalue weighted by Gasteiger charge is -2.09. The van der Waals surface area contributed by atoms with Gasteiger partial charge in [0.2, 0.25) is 5.78 Å². The van der Waals surface area contributed by atoms with Crippen LogP contribution >= 0.6 is 0 Å². The fourth-order valence-corrected chi connectivity index (χ4v) is 3.21. The van der Waals surface area contributed by atoms with E-state index in [1.807, 2.05) is 0 Å². The molecule has 0 atom stereocenters. The number of methoxy groups -OCH3 is 1. The Morgan fingerprint density at radius 2 is 1.73 bits per heavy atom. The van der Waals surface area contributed by atoms with E-state index in [-0.39, 0.29) is 17.0 Å². The summed E-state index contributed by atoms with van der Waals surface area (Å²) >= 11 is 0. The third kappa shape index (κ3) is 3.43. The Balaban J connectivity index is 1.80. The van der Waals surface area contributed by atoms with Gasteiger partial charge < -0.3 is 14.5 Å². The van der Waals surface area contributed by atoms with Crippen molar-refractivity contribution in [1.29, 1.82) is 0 Å². The number of ether oxygens (including phenoxy) is 1. The molecule has 0 saturated carbocycles. The summed E-state index contributed by atoms with van der Waals surface area (Å²) in [5, 5.41) is 3.34. The van der Waals surface area contributed by atoms with Gasteiger partial charge in [-0.1, -0.05) is 36.4 Å². The number of hydrogen-bond donors (Lipinski definition) is 1. The van der Waals surface area contributed by atoms with Crippen LogP contribution in [0, 0.1) is 12.7 Å². The minimum absolute atomic E-state index is 0.0669. The monoisotopic (exact) mass is 403 g/mol. The lowest BCUT2D eigenvalue weighted by Crippen LogP contribution is -2.15. The highest BCUT2D eigenvalue weighted by Crippen LogP contribution is 2.33. The van der Waals surface area contributed by atoms with E-state index in [4.69, 9.17) is 9.15 Å². The van der Waals surface area contributed by atoms with Crippen molar-refractivity contribution < 1.29 is 23.1 Å². The maximum Gasteiger partial charge on any atom is 0.259 e. The first-order chi connectivity index (χ1) is 14.5. The third-order valence-corrected chi connectivity index (χ3v) is 4.83. The van der Waals surface area contributed by atoms with E-state index < -0.39 is 17.5 Å². The van der Waals surface area contributed by atoms with Crippen molar-refractivity contribution in [3.05, 3.63) is 95.0 Å². The van der Waals surface area contributed by atoms with Crippen LogP contribution in [0.4, 0.5) is 10.1 Å². The molecule has 0 aliphatic heterocycles. The predicted molar refractivity (Wildman–Crippen MR) is 112 cm³/mol. The summed E-state index contributed by atoms with van der Waals surface area (Å²) in [5.41, 5.74) is 1.53. The number of carbonyl (C=O) groups excluding carboxylic acids is 2. The van der Waals surface area contributed by atoms with Gasteiger partial charge in [-0.2, -0.15) is 0 Å². The summed E-state index contributed by atoms with van der Waals surface area (Å²) in [6, 6.07) is 17.9. The van der Waals surface area contributed by atoms with Crippen molar-refractivity contribution in [1.82, 2.24) is 0 Å². The molecule has 1 amide bonds. The summed E-state index contributed by atoms with van der Waals surface area (Å²) in [6.45, 7) is 1.61. The number of anilines is 1. The molecule has 0 spiro atoms. The Kier molecular flexibility index (Phi) is 5.06. The van der Waals surface area contributed by atoms with Crippen LogP contribution in [-0.4, -0.2) is 18.8 Å². The molecule has 4 aromatic rings. The van der Waals surface area contributed by atoms with E-state index in [2.05, 4.69) is 5.32 Å². The van der Waals surface area contributed by atoms with Gasteiger partial charge in [-0.25, -0.2) is 4.39 Å². The molecule has 150 valence electrons. The number of carbonyl (C=O) groups is 2. The molecule has 4 rings (SSSR count). The average Bonchev–Trinajstić information content (AvgIpc) is 3.13. The Morgan fingerprint density at radius 1 is 1.00 bits per heavy atom. The van der Waals surface area contributed by atoms with E-state index in [1.54, 1.807) is 55.5 Å². The van der Waals surface area contributed by atoms with Crippen molar-refractivity contribution in [3.63, 3.8) is 0 Å². The third-order valence-electron chi connectivity index (χ3n) is 4.83. The molecule has 1 aromatic heterocycles. The van der Waals surface area contributed by atoms with Gasteiger partial charge in [0.1, 0.15) is 17.1 Å². The molecule has 0 aliphatic rings. The molecule has 0 fully saturated rings. The molecule has 3 aromatic carbocycles. The molecule has 0 aliphatic carbocycles. The zero-order valence-corrected chi connectivity index (χ0v) is 16.4. The van der Waals surface area contributed by atoms with Crippen molar-refractivity contribution in [2.75, 3.05) is 12.4 Å². The van der Waals surface area contributed by atoms with Crippen molar-refractivity contribution in [3.8, 4) is 5.75 Å². The molecular formula is C24H18FNO4. The van der Waals surface area contributed by atoms with Crippen LogP contribution in [0.2, 0.25) is 0 Å². The highest BCUT2D eigenvalue weighted by molar-refractivity contribution is 6.19. The highest BCUT2D eigenvalue weighted by atomic mass is 19.1. The summed E-state index contributed by atoms with van der Waals surface area (Å²) in [6.07, 6.45) is 0. The van der Waals surface area contributed by atoms with Crippen LogP contribution in [0.5, 0.6) is 5.75 Å². The number of aryl methyl sites for hydroxylation is 1. The SMILES string of the molecule is COc1ccccc1C(=O)Nc1c(C(=O)c2ccc(C)c(F)c2)oc2ccccc12. The van der Waals surface area contributed by atoms with E-state index in [0.29, 0.717) is 27.8 Å². The van der Waals surface area contributed by atoms with E-state index in [9.17, 15) is 14.0 Å². The molecule has 1 N–H and O–H groups in total. The van der Waals surface area contributed by atoms with Gasteiger partial charge in [0.05, 0.1) is 18.4 Å². The van der Waals surface area contributed by atoms with Gasteiger partial charge in [0.25, 0.3) is 5.91 Å². The van der Waals surface area contributed by atoms with E-state index >= 15 is 0 Å². The van der Waals surface area contributed by atoms with Gasteiger partial charge >= 0.3 is 0 Å². The second-order valence-corrected chi connectivity index (χ2v) is 6.75. The first-order valence-electron chi connectivity index (χ1n) is 9.26. The molecule has 0 saturated heterocycles. The minimum Gasteiger partial charge on any atom is -0.496 e. The Labute approximate surface area is 172 Å². The summed E-state index contributed by atoms with van der Waals surface area (Å²) < 4.78 is 25.0. The molecule has 1 heterocycles. The number of para-hydroxylation sites is 2. The van der Waals surface area contributed by atoms with Gasteiger partial charge in [0.15, 0.2) is 5.76 Å². The quantitative estimate of drug-likeness (QED) is 0.455. The number of amides is 1. The van der Waals surface area contributed by atoms with Crippen LogP contribution in [-0.2, 0) is 0 Å². The average molecular weight is 403 g/mol. The topological polar surface area (TPSA) is 68.5 Å². The van der Waals surface area contributed by atoms with Gasteiger partial charge in [-0.15, -0.1) is 0 Å². The number of fused-ring (bicyclic) bond motifs is 1. The fraction of sp³-hybridized carbons (Fsp3) is 0.0833. The molecule has 0 radical (unpaired) electrons. The number of hydrogen-bond acceptors (Lipinski definition) is 4. The first-order valence-corrected chi connectivity index (χ1v) is 9.26. The maximum absolute atomic E-state index is 14.0. The molecule has 0 bridgehead atoms. The number of furan rings is 1. The van der Waals surface area contributed by atoms with Crippen molar-refractivity contribution in [2.24, 2.45) is 0 Å². The summed E-state index contributed by atoms with van der Waals surface area (Å²) in [5.74, 6) is -1.14. The highest BCUT2D eigenvalue weighted by Gasteiger charge is 2.25. The smallest absolute Gasteiger partial charge is 0.259 e. The lowest BCUT2D eigenvalue weighted by molar-refractivity contribution is 0.101. The van der Waals surface area contributed by atoms with Crippen LogP contribution < -0.4 is 10.1 Å². The number of ketones is 1. The number of halogens is 1. The molecule has 6 heteroatoms. The lowest BCUT2D eigenvalue weighted by atomic mass is 10.0. The van der Waals surface area contributed by atoms with Gasteiger partial charge in [0, 0.05) is 10.9 Å². The summed E-state index contributed by atoms with van der Waals surface area (Å²) in [4.78, 5) is 26.0. The molecule has 0 unspecified atom stereocenters. The van der Waals surface area contributed by atoms with Crippen LogP contribution in [0.3, 0.4) is 0 Å². The molecule has 30 heavy (non-hydrogen) atoms. The zero-order chi connectivity index (χ0) is 21.3. The molecule has 5 nitrogen and oxygen atoms in total. The van der Waals surface area contributed by atoms with Crippen LogP contribution in [0.1, 0.15) is 32.0 Å². The second kappa shape index (κ2) is 7.83. The summed E-state index contributed by atoms with van der Waals surface area (Å²) in [7, 11) is 1.47. The predicted octanol–water partition coefficient (Wildman–Crippen LogP) is 5.37. The standard InChI is InChI=1S/C24H18FNO4/c1-14-11-12-15(13-18(14)25)22(27)23-21(16-7-3-6-10-20(16)30-23)26-24(28)17-8-4-5-9-19(17)29-2/h3-13H,1-2H3,(H,26,28). The Bertz CT molecular complexity index is 1280. The number of benzene rings is 3. The minimum atomic E-state index is -0.527. The second-order valence-electron chi connectivity index (χ2n) is 6.75. The molecular weight excluding hydrogens is 385 g/mol. The van der Waals surface area contributed by atoms with Crippen LogP contribution in [0.15, 0.2) is 71.1 Å². The number of rotatable bonds is 5. The van der Waals surface area contributed by atoms with Gasteiger partial charge in [-0.3, -0.25) is 9.59 Å². The fourth-order valence-electron chi connectivity index (χ4n) is 3.21. The maximum atomic E-state index is 14.0. The largest absolute Gasteiger partial charge is 0.496 e. The Hall–Kier alpha value is -3.93.